The molecule has 0 spiro atoms. The van der Waals surface area contributed by atoms with E-state index in [1.807, 2.05) is 13.8 Å². The molecule has 2 aromatic rings. The van der Waals surface area contributed by atoms with Crippen LogP contribution >= 0.6 is 0 Å². The Bertz CT molecular complexity index is 731. The molecular weight excluding hydrogens is 270 g/mol. The van der Waals surface area contributed by atoms with Gasteiger partial charge in [0.2, 0.25) is 0 Å². The highest BCUT2D eigenvalue weighted by atomic mass is 16.5. The first-order chi connectivity index (χ1) is 10.0. The fourth-order valence-electron chi connectivity index (χ4n) is 1.94. The van der Waals surface area contributed by atoms with E-state index in [2.05, 4.69) is 11.9 Å². The van der Waals surface area contributed by atoms with Crippen molar-refractivity contribution in [2.24, 2.45) is 0 Å². The quantitative estimate of drug-likeness (QED) is 0.677. The Balaban J connectivity index is 2.49. The first kappa shape index (κ1) is 14.8. The minimum atomic E-state index is -0.576. The number of rotatable bonds is 5. The molecule has 5 heteroatoms. The van der Waals surface area contributed by atoms with Crippen LogP contribution in [-0.2, 0) is 0 Å². The standard InChI is InChI=1S/C16H17NO4/c1-4-7-17-16(19)13-9-15(18)21-14-8-11(20-10(2)3)5-6-12(13)14/h4-6,8-10H,1,7H2,2-3H3,(H,17,19). The van der Waals surface area contributed by atoms with Crippen LogP contribution in [0.4, 0.5) is 0 Å². The molecule has 0 unspecified atom stereocenters. The third-order valence-electron chi connectivity index (χ3n) is 2.74. The molecule has 21 heavy (non-hydrogen) atoms. The van der Waals surface area contributed by atoms with Crippen LogP contribution in [0, 0.1) is 0 Å². The summed E-state index contributed by atoms with van der Waals surface area (Å²) in [6, 6.07) is 6.25. The zero-order chi connectivity index (χ0) is 15.4. The lowest BCUT2D eigenvalue weighted by atomic mass is 10.1. The van der Waals surface area contributed by atoms with E-state index in [1.165, 1.54) is 6.07 Å². The average molecular weight is 287 g/mol. The lowest BCUT2D eigenvalue weighted by Gasteiger charge is -2.11. The molecule has 0 fully saturated rings. The number of ether oxygens (including phenoxy) is 1. The molecule has 1 aromatic heterocycles. The third kappa shape index (κ3) is 3.51. The summed E-state index contributed by atoms with van der Waals surface area (Å²) in [7, 11) is 0. The summed E-state index contributed by atoms with van der Waals surface area (Å²) in [5.74, 6) is 0.245. The second kappa shape index (κ2) is 6.26. The summed E-state index contributed by atoms with van der Waals surface area (Å²) in [6.45, 7) is 7.67. The van der Waals surface area contributed by atoms with Crippen LogP contribution in [0.3, 0.4) is 0 Å². The summed E-state index contributed by atoms with van der Waals surface area (Å²) < 4.78 is 10.7. The molecule has 0 aliphatic heterocycles. The Hall–Kier alpha value is -2.56. The predicted octanol–water partition coefficient (Wildman–Crippen LogP) is 2.50. The van der Waals surface area contributed by atoms with E-state index < -0.39 is 5.63 Å². The van der Waals surface area contributed by atoms with Gasteiger partial charge in [-0.2, -0.15) is 0 Å². The van der Waals surface area contributed by atoms with Gasteiger partial charge in [0.1, 0.15) is 11.3 Å². The van der Waals surface area contributed by atoms with Crippen molar-refractivity contribution in [3.63, 3.8) is 0 Å². The summed E-state index contributed by atoms with van der Waals surface area (Å²) in [4.78, 5) is 23.7. The molecule has 0 saturated heterocycles. The van der Waals surface area contributed by atoms with Crippen LogP contribution < -0.4 is 15.7 Å². The van der Waals surface area contributed by atoms with Gasteiger partial charge in [0.15, 0.2) is 0 Å². The molecule has 0 aliphatic rings. The van der Waals surface area contributed by atoms with Crippen LogP contribution in [0.2, 0.25) is 0 Å². The highest BCUT2D eigenvalue weighted by molar-refractivity contribution is 6.05. The molecule has 2 rings (SSSR count). The summed E-state index contributed by atoms with van der Waals surface area (Å²) in [6.07, 6.45) is 1.58. The molecule has 0 aliphatic carbocycles. The first-order valence-electron chi connectivity index (χ1n) is 6.65. The fourth-order valence-corrected chi connectivity index (χ4v) is 1.94. The Labute approximate surface area is 122 Å². The lowest BCUT2D eigenvalue weighted by molar-refractivity contribution is 0.0959. The highest BCUT2D eigenvalue weighted by Crippen LogP contribution is 2.23. The molecule has 5 nitrogen and oxygen atoms in total. The van der Waals surface area contributed by atoms with Gasteiger partial charge in [-0.15, -0.1) is 6.58 Å². The molecule has 0 atom stereocenters. The van der Waals surface area contributed by atoms with E-state index in [0.717, 1.165) is 0 Å². The van der Waals surface area contributed by atoms with Crippen molar-refractivity contribution in [1.29, 1.82) is 0 Å². The van der Waals surface area contributed by atoms with Gasteiger partial charge in [-0.3, -0.25) is 4.79 Å². The number of carbonyl (C=O) groups excluding carboxylic acids is 1. The Kier molecular flexibility index (Phi) is 4.42. The van der Waals surface area contributed by atoms with Crippen molar-refractivity contribution in [3.8, 4) is 5.75 Å². The van der Waals surface area contributed by atoms with Crippen molar-refractivity contribution in [2.75, 3.05) is 6.54 Å². The number of carbonyl (C=O) groups is 1. The molecular formula is C16H17NO4. The Morgan fingerprint density at radius 3 is 2.86 bits per heavy atom. The van der Waals surface area contributed by atoms with E-state index in [1.54, 1.807) is 24.3 Å². The molecule has 1 amide bonds. The number of hydrogen-bond acceptors (Lipinski definition) is 4. The number of amides is 1. The second-order valence-electron chi connectivity index (χ2n) is 4.80. The van der Waals surface area contributed by atoms with Crippen molar-refractivity contribution < 1.29 is 13.9 Å². The van der Waals surface area contributed by atoms with Crippen LogP contribution in [0.15, 0.2) is 46.1 Å². The SMILES string of the molecule is C=CCNC(=O)c1cc(=O)oc2cc(OC(C)C)ccc12. The van der Waals surface area contributed by atoms with E-state index in [4.69, 9.17) is 9.15 Å². The van der Waals surface area contributed by atoms with Gasteiger partial charge >= 0.3 is 5.63 Å². The molecule has 0 saturated carbocycles. The number of fused-ring (bicyclic) bond motifs is 1. The lowest BCUT2D eigenvalue weighted by Crippen LogP contribution is -2.24. The molecule has 1 aromatic carbocycles. The van der Waals surface area contributed by atoms with Gasteiger partial charge in [-0.25, -0.2) is 4.79 Å². The summed E-state index contributed by atoms with van der Waals surface area (Å²) in [5.41, 5.74) is 0.0246. The topological polar surface area (TPSA) is 68.5 Å². The van der Waals surface area contributed by atoms with Crippen molar-refractivity contribution >= 4 is 16.9 Å². The zero-order valence-electron chi connectivity index (χ0n) is 12.0. The van der Waals surface area contributed by atoms with Gasteiger partial charge in [0.05, 0.1) is 11.7 Å². The zero-order valence-corrected chi connectivity index (χ0v) is 12.0. The summed E-state index contributed by atoms with van der Waals surface area (Å²) in [5, 5.41) is 3.21. The second-order valence-corrected chi connectivity index (χ2v) is 4.80. The van der Waals surface area contributed by atoms with Gasteiger partial charge in [0, 0.05) is 24.1 Å². The normalized spacial score (nSPS) is 10.6. The van der Waals surface area contributed by atoms with Crippen molar-refractivity contribution in [2.45, 2.75) is 20.0 Å². The van der Waals surface area contributed by atoms with Crippen LogP contribution in [0.5, 0.6) is 5.75 Å². The highest BCUT2D eigenvalue weighted by Gasteiger charge is 2.13. The van der Waals surface area contributed by atoms with Crippen molar-refractivity contribution in [1.82, 2.24) is 5.32 Å². The van der Waals surface area contributed by atoms with E-state index in [9.17, 15) is 9.59 Å². The summed E-state index contributed by atoms with van der Waals surface area (Å²) >= 11 is 0. The number of nitrogens with one attached hydrogen (secondary N) is 1. The van der Waals surface area contributed by atoms with E-state index in [-0.39, 0.29) is 17.6 Å². The minimum Gasteiger partial charge on any atom is -0.491 e. The van der Waals surface area contributed by atoms with Gasteiger partial charge in [0.25, 0.3) is 5.91 Å². The maximum absolute atomic E-state index is 12.1. The Morgan fingerprint density at radius 2 is 2.19 bits per heavy atom. The molecule has 0 bridgehead atoms. The third-order valence-corrected chi connectivity index (χ3v) is 2.74. The van der Waals surface area contributed by atoms with Crippen LogP contribution in [0.25, 0.3) is 11.0 Å². The van der Waals surface area contributed by atoms with Crippen molar-refractivity contribution in [3.05, 3.63) is 52.9 Å². The molecule has 0 radical (unpaired) electrons. The fraction of sp³-hybridized carbons (Fsp3) is 0.250. The van der Waals surface area contributed by atoms with Gasteiger partial charge in [-0.05, 0) is 26.0 Å². The molecule has 1 heterocycles. The molecule has 110 valence electrons. The smallest absolute Gasteiger partial charge is 0.337 e. The average Bonchev–Trinajstić information content (AvgIpc) is 2.42. The Morgan fingerprint density at radius 1 is 1.43 bits per heavy atom. The van der Waals surface area contributed by atoms with Crippen LogP contribution in [-0.4, -0.2) is 18.6 Å². The molecule has 1 N–H and O–H groups in total. The van der Waals surface area contributed by atoms with Gasteiger partial charge < -0.3 is 14.5 Å². The van der Waals surface area contributed by atoms with Crippen LogP contribution in [0.1, 0.15) is 24.2 Å². The maximum atomic E-state index is 12.1. The number of benzene rings is 1. The van der Waals surface area contributed by atoms with E-state index in [0.29, 0.717) is 23.3 Å². The predicted molar refractivity (Wildman–Crippen MR) is 80.8 cm³/mol. The van der Waals surface area contributed by atoms with E-state index >= 15 is 0 Å². The minimum absolute atomic E-state index is 0.00763. The first-order valence-corrected chi connectivity index (χ1v) is 6.65. The number of hydrogen-bond donors (Lipinski definition) is 1. The maximum Gasteiger partial charge on any atom is 0.337 e. The largest absolute Gasteiger partial charge is 0.491 e. The monoisotopic (exact) mass is 287 g/mol. The van der Waals surface area contributed by atoms with Gasteiger partial charge in [-0.1, -0.05) is 6.08 Å².